The molecule has 0 aliphatic heterocycles. The van der Waals surface area contributed by atoms with E-state index >= 15 is 0 Å². The van der Waals surface area contributed by atoms with Gasteiger partial charge < -0.3 is 12.7 Å². The molecule has 1 aromatic heterocycles. The summed E-state index contributed by atoms with van der Waals surface area (Å²) >= 11 is 0. The zero-order chi connectivity index (χ0) is 12.3. The Balaban J connectivity index is 0.00000162. The molecule has 0 spiro atoms. The Kier molecular flexibility index (Phi) is 9.86. The van der Waals surface area contributed by atoms with E-state index in [0.717, 1.165) is 35.9 Å². The molecule has 0 amide bonds. The number of nitrogens with zero attached hydrogens (tertiary/aromatic N) is 1. The predicted octanol–water partition coefficient (Wildman–Crippen LogP) is 0.0869. The maximum atomic E-state index is 13.4. The summed E-state index contributed by atoms with van der Waals surface area (Å²) in [4.78, 5) is 0. The fourth-order valence-corrected chi connectivity index (χ4v) is 1.89. The Labute approximate surface area is 173 Å². The van der Waals surface area contributed by atoms with Crippen molar-refractivity contribution in [3.05, 3.63) is 37.1 Å². The first kappa shape index (κ1) is 19.6. The van der Waals surface area contributed by atoms with E-state index in [0.29, 0.717) is 6.04 Å². The van der Waals surface area contributed by atoms with Gasteiger partial charge in [0.25, 0.3) is 0 Å². The van der Waals surface area contributed by atoms with Crippen LogP contribution in [0.25, 0.3) is 10.9 Å². The number of halogens is 1. The molecule has 1 atom stereocenters. The number of H-pyrrole nitrogens is 1. The third kappa shape index (κ3) is 5.49. The molecule has 1 heterocycles. The standard InChI is InChI=1S/C13H18FN3.CH3.Cs/c1-3-9(2)15-5-4-10-6-11(14)7-13-12(10)8-16-17-13;;/h6-9,15H,3-5H2,1-2H3,(H,16,17);1H3;/q;-1;+1. The summed E-state index contributed by atoms with van der Waals surface area (Å²) in [5.74, 6) is -0.208. The number of nitrogens with one attached hydrogen (secondary N) is 2. The Hall–Kier alpha value is 0.632. The van der Waals surface area contributed by atoms with Crippen molar-refractivity contribution < 1.29 is 73.3 Å². The molecule has 0 bridgehead atoms. The van der Waals surface area contributed by atoms with Crippen LogP contribution in [0.2, 0.25) is 0 Å². The largest absolute Gasteiger partial charge is 1.00 e. The minimum atomic E-state index is -0.208. The molecule has 1 aromatic carbocycles. The van der Waals surface area contributed by atoms with Gasteiger partial charge in [0.1, 0.15) is 5.82 Å². The summed E-state index contributed by atoms with van der Waals surface area (Å²) in [6.07, 6.45) is 3.68. The second-order valence-electron chi connectivity index (χ2n) is 4.41. The van der Waals surface area contributed by atoms with Crippen molar-refractivity contribution in [1.82, 2.24) is 15.5 Å². The van der Waals surface area contributed by atoms with Crippen LogP contribution in [-0.2, 0) is 6.42 Å². The molecule has 0 radical (unpaired) electrons. The molecule has 5 heteroatoms. The first-order chi connectivity index (χ1) is 8.20. The van der Waals surface area contributed by atoms with E-state index in [2.05, 4.69) is 29.4 Å². The third-order valence-electron chi connectivity index (χ3n) is 3.11. The summed E-state index contributed by atoms with van der Waals surface area (Å²) in [6, 6.07) is 3.58. The molecule has 3 nitrogen and oxygen atoms in total. The van der Waals surface area contributed by atoms with E-state index in [4.69, 9.17) is 0 Å². The minimum Gasteiger partial charge on any atom is -0.358 e. The van der Waals surface area contributed by atoms with Crippen LogP contribution in [-0.4, -0.2) is 22.8 Å². The molecule has 2 rings (SSSR count). The van der Waals surface area contributed by atoms with Crippen molar-refractivity contribution in [2.24, 2.45) is 0 Å². The fraction of sp³-hybridized carbons (Fsp3) is 0.429. The van der Waals surface area contributed by atoms with E-state index in [-0.39, 0.29) is 82.1 Å². The molecule has 0 fully saturated rings. The smallest absolute Gasteiger partial charge is 0.358 e. The monoisotopic (exact) mass is 383 g/mol. The van der Waals surface area contributed by atoms with Gasteiger partial charge in [-0.05, 0) is 44.0 Å². The van der Waals surface area contributed by atoms with Crippen LogP contribution in [0.15, 0.2) is 18.3 Å². The fourth-order valence-electron chi connectivity index (χ4n) is 1.89. The topological polar surface area (TPSA) is 40.7 Å². The summed E-state index contributed by atoms with van der Waals surface area (Å²) in [5.41, 5.74) is 1.77. The van der Waals surface area contributed by atoms with Crippen LogP contribution in [0.4, 0.5) is 4.39 Å². The van der Waals surface area contributed by atoms with Crippen LogP contribution in [0.3, 0.4) is 0 Å². The van der Waals surface area contributed by atoms with Gasteiger partial charge in [-0.2, -0.15) is 5.10 Å². The van der Waals surface area contributed by atoms with Crippen LogP contribution in [0.1, 0.15) is 25.8 Å². The van der Waals surface area contributed by atoms with Crippen LogP contribution in [0.5, 0.6) is 0 Å². The summed E-state index contributed by atoms with van der Waals surface area (Å²) in [7, 11) is 0. The number of hydrogen-bond donors (Lipinski definition) is 2. The number of benzene rings is 1. The average Bonchev–Trinajstić information content (AvgIpc) is 2.76. The number of aromatic amines is 1. The Morgan fingerprint density at radius 1 is 1.42 bits per heavy atom. The summed E-state index contributed by atoms with van der Waals surface area (Å²) < 4.78 is 13.4. The van der Waals surface area contributed by atoms with E-state index in [1.807, 2.05) is 0 Å². The molecular weight excluding hydrogens is 362 g/mol. The quantitative estimate of drug-likeness (QED) is 0.719. The molecular formula is C14H21CsFN3. The van der Waals surface area contributed by atoms with Crippen molar-refractivity contribution in [2.75, 3.05) is 6.54 Å². The average molecular weight is 383 g/mol. The van der Waals surface area contributed by atoms with Gasteiger partial charge in [-0.3, -0.25) is 5.10 Å². The molecule has 1 unspecified atom stereocenters. The number of fused-ring (bicyclic) bond motifs is 1. The summed E-state index contributed by atoms with van der Waals surface area (Å²) in [5, 5.41) is 11.2. The minimum absolute atomic E-state index is 0. The molecule has 0 saturated carbocycles. The van der Waals surface area contributed by atoms with Gasteiger partial charge in [-0.25, -0.2) is 4.39 Å². The Bertz CT molecular complexity index is 498. The Morgan fingerprint density at radius 2 is 2.16 bits per heavy atom. The van der Waals surface area contributed by atoms with Crippen LogP contribution < -0.4 is 74.2 Å². The van der Waals surface area contributed by atoms with Gasteiger partial charge in [0, 0.05) is 11.4 Å². The first-order valence-electron chi connectivity index (χ1n) is 6.05. The van der Waals surface area contributed by atoms with Gasteiger partial charge in [-0.15, -0.1) is 0 Å². The van der Waals surface area contributed by atoms with Gasteiger partial charge in [0.05, 0.1) is 11.7 Å². The SMILES string of the molecule is CCC(C)NCCc1cc(F)cc2[nH]ncc12.[CH3-].[Cs+]. The first-order valence-corrected chi connectivity index (χ1v) is 6.05. The normalized spacial score (nSPS) is 11.7. The number of aromatic nitrogens is 2. The number of hydrogen-bond acceptors (Lipinski definition) is 2. The van der Waals surface area contributed by atoms with Crippen molar-refractivity contribution in [1.29, 1.82) is 0 Å². The van der Waals surface area contributed by atoms with E-state index < -0.39 is 0 Å². The summed E-state index contributed by atoms with van der Waals surface area (Å²) in [6.45, 7) is 5.16. The maximum Gasteiger partial charge on any atom is 1.00 e. The Morgan fingerprint density at radius 3 is 2.84 bits per heavy atom. The van der Waals surface area contributed by atoms with Crippen molar-refractivity contribution in [3.8, 4) is 0 Å². The van der Waals surface area contributed by atoms with Crippen molar-refractivity contribution in [2.45, 2.75) is 32.7 Å². The molecule has 0 aliphatic rings. The van der Waals surface area contributed by atoms with Gasteiger partial charge in [0.2, 0.25) is 0 Å². The molecule has 100 valence electrons. The van der Waals surface area contributed by atoms with E-state index in [9.17, 15) is 4.39 Å². The second kappa shape index (κ2) is 9.55. The molecule has 0 saturated heterocycles. The predicted molar refractivity (Wildman–Crippen MR) is 73.9 cm³/mol. The third-order valence-corrected chi connectivity index (χ3v) is 3.11. The molecule has 2 N–H and O–H groups in total. The van der Waals surface area contributed by atoms with Gasteiger partial charge in [-0.1, -0.05) is 6.92 Å². The zero-order valence-electron chi connectivity index (χ0n) is 12.3. The molecule has 19 heavy (non-hydrogen) atoms. The van der Waals surface area contributed by atoms with Crippen LogP contribution >= 0.6 is 0 Å². The second-order valence-corrected chi connectivity index (χ2v) is 4.41. The van der Waals surface area contributed by atoms with Crippen molar-refractivity contribution in [3.63, 3.8) is 0 Å². The zero-order valence-corrected chi connectivity index (χ0v) is 18.5. The molecule has 2 aromatic rings. The van der Waals surface area contributed by atoms with Crippen molar-refractivity contribution >= 4 is 10.9 Å². The van der Waals surface area contributed by atoms with Gasteiger partial charge >= 0.3 is 68.9 Å². The van der Waals surface area contributed by atoms with Gasteiger partial charge in [0.15, 0.2) is 0 Å². The molecule has 0 aliphatic carbocycles. The van der Waals surface area contributed by atoms with Crippen LogP contribution in [0, 0.1) is 13.2 Å². The number of rotatable bonds is 5. The van der Waals surface area contributed by atoms with E-state index in [1.165, 1.54) is 6.07 Å². The van der Waals surface area contributed by atoms with E-state index in [1.54, 1.807) is 12.3 Å². The maximum absolute atomic E-state index is 13.4.